The number of nitrogens with zero attached hydrogens (tertiary/aromatic N) is 1. The smallest absolute Gasteiger partial charge is 0.260 e. The van der Waals surface area contributed by atoms with Crippen molar-refractivity contribution in [1.82, 2.24) is 15.3 Å². The van der Waals surface area contributed by atoms with Crippen LogP contribution < -0.4 is 10.9 Å². The van der Waals surface area contributed by atoms with E-state index in [1.54, 1.807) is 0 Å². The second-order valence-electron chi connectivity index (χ2n) is 5.38. The average Bonchev–Trinajstić information content (AvgIpc) is 2.90. The molecule has 0 aliphatic rings. The van der Waals surface area contributed by atoms with Gasteiger partial charge in [-0.3, -0.25) is 4.79 Å². The summed E-state index contributed by atoms with van der Waals surface area (Å²) in [6.07, 6.45) is 0. The molecule has 0 unspecified atom stereocenters. The number of hydrogen-bond acceptors (Lipinski definition) is 4. The zero-order chi connectivity index (χ0) is 15.7. The van der Waals surface area contributed by atoms with E-state index in [2.05, 4.69) is 29.1 Å². The van der Waals surface area contributed by atoms with Crippen molar-refractivity contribution in [3.8, 4) is 11.1 Å². The molecule has 0 atom stereocenters. The molecule has 3 aromatic rings. The molecule has 0 spiro atoms. The first-order valence-corrected chi connectivity index (χ1v) is 8.30. The summed E-state index contributed by atoms with van der Waals surface area (Å²) in [5.41, 5.74) is 1.77. The van der Waals surface area contributed by atoms with Crippen LogP contribution in [0.2, 0.25) is 5.02 Å². The Kier molecular flexibility index (Phi) is 4.29. The van der Waals surface area contributed by atoms with Crippen molar-refractivity contribution >= 4 is 33.2 Å². The largest absolute Gasteiger partial charge is 0.309 e. The molecule has 0 saturated carbocycles. The van der Waals surface area contributed by atoms with Gasteiger partial charge in [0.25, 0.3) is 5.56 Å². The summed E-state index contributed by atoms with van der Waals surface area (Å²) in [5.74, 6) is 0.663. The average molecular weight is 334 g/mol. The zero-order valence-electron chi connectivity index (χ0n) is 12.3. The Morgan fingerprint density at radius 1 is 1.32 bits per heavy atom. The number of thiophene rings is 1. The lowest BCUT2D eigenvalue weighted by atomic mass is 10.1. The Bertz CT molecular complexity index is 852. The summed E-state index contributed by atoms with van der Waals surface area (Å²) in [6.45, 7) is 4.66. The van der Waals surface area contributed by atoms with Crippen LogP contribution in [0, 0.1) is 0 Å². The van der Waals surface area contributed by atoms with Gasteiger partial charge in [0.2, 0.25) is 0 Å². The maximum Gasteiger partial charge on any atom is 0.260 e. The molecule has 4 nitrogen and oxygen atoms in total. The van der Waals surface area contributed by atoms with Gasteiger partial charge in [-0.25, -0.2) is 4.98 Å². The number of aromatic nitrogens is 2. The van der Waals surface area contributed by atoms with Crippen LogP contribution in [-0.4, -0.2) is 16.0 Å². The van der Waals surface area contributed by atoms with Crippen LogP contribution in [0.3, 0.4) is 0 Å². The molecule has 1 aromatic carbocycles. The Morgan fingerprint density at radius 3 is 2.73 bits per heavy atom. The SMILES string of the molecule is CC(C)NCc1nc2scc(-c3ccc(Cl)cc3)c2c(=O)[nH]1. The zero-order valence-corrected chi connectivity index (χ0v) is 13.9. The van der Waals surface area contributed by atoms with Gasteiger partial charge in [-0.2, -0.15) is 0 Å². The quantitative estimate of drug-likeness (QED) is 0.763. The van der Waals surface area contributed by atoms with Crippen molar-refractivity contribution in [3.05, 3.63) is 50.8 Å². The second-order valence-corrected chi connectivity index (χ2v) is 6.68. The first-order valence-electron chi connectivity index (χ1n) is 7.04. The number of rotatable bonds is 4. The molecule has 0 aliphatic carbocycles. The van der Waals surface area contributed by atoms with E-state index in [1.807, 2.05) is 29.6 Å². The summed E-state index contributed by atoms with van der Waals surface area (Å²) < 4.78 is 0. The highest BCUT2D eigenvalue weighted by atomic mass is 35.5. The normalized spacial score (nSPS) is 11.5. The highest BCUT2D eigenvalue weighted by Gasteiger charge is 2.13. The fourth-order valence-electron chi connectivity index (χ4n) is 2.22. The molecule has 0 amide bonds. The van der Waals surface area contributed by atoms with Gasteiger partial charge < -0.3 is 10.3 Å². The highest BCUT2D eigenvalue weighted by Crippen LogP contribution is 2.31. The Balaban J connectivity index is 2.04. The van der Waals surface area contributed by atoms with Crippen molar-refractivity contribution < 1.29 is 0 Å². The van der Waals surface area contributed by atoms with Gasteiger partial charge >= 0.3 is 0 Å². The number of halogens is 1. The van der Waals surface area contributed by atoms with Gasteiger partial charge in [-0.1, -0.05) is 37.6 Å². The predicted octanol–water partition coefficient (Wildman–Crippen LogP) is 3.80. The number of aromatic amines is 1. The molecule has 22 heavy (non-hydrogen) atoms. The molecule has 3 rings (SSSR count). The molecule has 2 heterocycles. The van der Waals surface area contributed by atoms with E-state index in [-0.39, 0.29) is 5.56 Å². The lowest BCUT2D eigenvalue weighted by Crippen LogP contribution is -2.24. The van der Waals surface area contributed by atoms with Crippen molar-refractivity contribution in [2.24, 2.45) is 0 Å². The predicted molar refractivity (Wildman–Crippen MR) is 92.7 cm³/mol. The maximum atomic E-state index is 12.4. The number of H-pyrrole nitrogens is 1. The molecular formula is C16H16ClN3OS. The number of benzene rings is 1. The van der Waals surface area contributed by atoms with E-state index < -0.39 is 0 Å². The summed E-state index contributed by atoms with van der Waals surface area (Å²) in [5, 5.41) is 6.54. The van der Waals surface area contributed by atoms with E-state index in [0.29, 0.717) is 28.8 Å². The standard InChI is InChI=1S/C16H16ClN3OS/c1-9(2)18-7-13-19-15(21)14-12(8-22-16(14)20-13)10-3-5-11(17)6-4-10/h3-6,8-9,18H,7H2,1-2H3,(H,19,20,21). The van der Waals surface area contributed by atoms with Gasteiger partial charge in [-0.05, 0) is 17.7 Å². The van der Waals surface area contributed by atoms with E-state index >= 15 is 0 Å². The third-order valence-electron chi connectivity index (χ3n) is 3.33. The van der Waals surface area contributed by atoms with Crippen LogP contribution in [0.4, 0.5) is 0 Å². The van der Waals surface area contributed by atoms with Crippen molar-refractivity contribution in [2.45, 2.75) is 26.4 Å². The van der Waals surface area contributed by atoms with Crippen LogP contribution in [0.1, 0.15) is 19.7 Å². The van der Waals surface area contributed by atoms with Crippen LogP contribution >= 0.6 is 22.9 Å². The minimum Gasteiger partial charge on any atom is -0.309 e. The monoisotopic (exact) mass is 333 g/mol. The summed E-state index contributed by atoms with van der Waals surface area (Å²) in [4.78, 5) is 20.6. The van der Waals surface area contributed by atoms with Crippen molar-refractivity contribution in [2.75, 3.05) is 0 Å². The molecule has 2 N–H and O–H groups in total. The molecule has 114 valence electrons. The highest BCUT2D eigenvalue weighted by molar-refractivity contribution is 7.17. The lowest BCUT2D eigenvalue weighted by Gasteiger charge is -2.07. The first kappa shape index (κ1) is 15.2. The van der Waals surface area contributed by atoms with E-state index in [9.17, 15) is 4.79 Å². The molecule has 0 saturated heterocycles. The molecule has 0 bridgehead atoms. The fourth-order valence-corrected chi connectivity index (χ4v) is 3.31. The van der Waals surface area contributed by atoms with Gasteiger partial charge in [0.1, 0.15) is 10.7 Å². The number of nitrogens with one attached hydrogen (secondary N) is 2. The molecule has 2 aromatic heterocycles. The van der Waals surface area contributed by atoms with Crippen molar-refractivity contribution in [1.29, 1.82) is 0 Å². The fraction of sp³-hybridized carbons (Fsp3) is 0.250. The van der Waals surface area contributed by atoms with E-state index in [1.165, 1.54) is 11.3 Å². The third kappa shape index (κ3) is 3.06. The van der Waals surface area contributed by atoms with Crippen LogP contribution in [0.5, 0.6) is 0 Å². The van der Waals surface area contributed by atoms with E-state index in [0.717, 1.165) is 16.0 Å². The van der Waals surface area contributed by atoms with E-state index in [4.69, 9.17) is 11.6 Å². The van der Waals surface area contributed by atoms with Gasteiger partial charge in [0, 0.05) is 22.0 Å². The number of hydrogen-bond donors (Lipinski definition) is 2. The van der Waals surface area contributed by atoms with Crippen LogP contribution in [0.15, 0.2) is 34.4 Å². The van der Waals surface area contributed by atoms with Gasteiger partial charge in [-0.15, -0.1) is 11.3 Å². The second kappa shape index (κ2) is 6.20. The number of fused-ring (bicyclic) bond motifs is 1. The van der Waals surface area contributed by atoms with Crippen LogP contribution in [-0.2, 0) is 6.54 Å². The maximum absolute atomic E-state index is 12.4. The third-order valence-corrected chi connectivity index (χ3v) is 4.45. The van der Waals surface area contributed by atoms with Gasteiger partial charge in [0.15, 0.2) is 0 Å². The molecule has 0 fully saturated rings. The summed E-state index contributed by atoms with van der Waals surface area (Å²) >= 11 is 7.40. The Morgan fingerprint density at radius 2 is 2.05 bits per heavy atom. The molecule has 6 heteroatoms. The first-order chi connectivity index (χ1) is 10.5. The summed E-state index contributed by atoms with van der Waals surface area (Å²) in [7, 11) is 0. The summed E-state index contributed by atoms with van der Waals surface area (Å²) in [6, 6.07) is 7.81. The Hall–Kier alpha value is -1.69. The molecule has 0 radical (unpaired) electrons. The van der Waals surface area contributed by atoms with Crippen LogP contribution in [0.25, 0.3) is 21.3 Å². The minimum atomic E-state index is -0.100. The van der Waals surface area contributed by atoms with Gasteiger partial charge in [0.05, 0.1) is 11.9 Å². The molecule has 0 aliphatic heterocycles. The van der Waals surface area contributed by atoms with Crippen molar-refractivity contribution in [3.63, 3.8) is 0 Å². The molecular weight excluding hydrogens is 318 g/mol. The minimum absolute atomic E-state index is 0.100. The lowest BCUT2D eigenvalue weighted by molar-refractivity contribution is 0.573. The Labute approximate surface area is 137 Å². The topological polar surface area (TPSA) is 57.8 Å².